The Hall–Kier alpha value is -0.910. The molecule has 2 N–H and O–H groups in total. The third-order valence-corrected chi connectivity index (χ3v) is 5.32. The van der Waals surface area contributed by atoms with Crippen molar-refractivity contribution < 1.29 is 8.42 Å². The van der Waals surface area contributed by atoms with E-state index < -0.39 is 10.0 Å². The summed E-state index contributed by atoms with van der Waals surface area (Å²) in [5.41, 5.74) is 2.00. The van der Waals surface area contributed by atoms with E-state index in [1.807, 2.05) is 38.2 Å². The molecule has 2 rings (SSSR count). The molecule has 21 heavy (non-hydrogen) atoms. The maximum atomic E-state index is 12.3. The molecule has 0 radical (unpaired) electrons. The molecule has 1 saturated carbocycles. The highest BCUT2D eigenvalue weighted by Crippen LogP contribution is 2.34. The van der Waals surface area contributed by atoms with E-state index in [1.165, 1.54) is 12.8 Å². The van der Waals surface area contributed by atoms with Gasteiger partial charge in [-0.1, -0.05) is 44.0 Å². The Morgan fingerprint density at radius 1 is 1.19 bits per heavy atom. The predicted octanol–water partition coefficient (Wildman–Crippen LogP) is 2.40. The van der Waals surface area contributed by atoms with Crippen molar-refractivity contribution in [2.75, 3.05) is 7.05 Å². The van der Waals surface area contributed by atoms with E-state index in [0.717, 1.165) is 36.4 Å². The summed E-state index contributed by atoms with van der Waals surface area (Å²) in [6, 6.07) is 7.83. The molecule has 0 heterocycles. The van der Waals surface area contributed by atoms with Crippen LogP contribution in [0.5, 0.6) is 0 Å². The van der Waals surface area contributed by atoms with Crippen LogP contribution in [0.4, 0.5) is 0 Å². The molecule has 0 aliphatic heterocycles. The zero-order chi connectivity index (χ0) is 15.3. The molecule has 0 bridgehead atoms. The Kier molecular flexibility index (Phi) is 5.79. The second-order valence-corrected chi connectivity index (χ2v) is 7.76. The highest BCUT2D eigenvalue weighted by molar-refractivity contribution is 7.88. The van der Waals surface area contributed by atoms with Gasteiger partial charge in [0, 0.05) is 12.6 Å². The molecule has 1 aliphatic rings. The van der Waals surface area contributed by atoms with Crippen LogP contribution in [0.15, 0.2) is 24.3 Å². The zero-order valence-corrected chi connectivity index (χ0v) is 13.7. The largest absolute Gasteiger partial charge is 0.316 e. The van der Waals surface area contributed by atoms with Crippen molar-refractivity contribution >= 4 is 10.0 Å². The van der Waals surface area contributed by atoms with E-state index >= 15 is 0 Å². The number of sulfonamides is 1. The molecule has 5 heteroatoms. The molecule has 118 valence electrons. The molecule has 0 saturated heterocycles. The minimum Gasteiger partial charge on any atom is -0.316 e. The number of benzene rings is 1. The second-order valence-electron chi connectivity index (χ2n) is 6.01. The molecule has 1 aliphatic carbocycles. The Labute approximate surface area is 128 Å². The number of nitrogens with one attached hydrogen (secondary N) is 2. The topological polar surface area (TPSA) is 58.2 Å². The number of rotatable bonds is 9. The highest BCUT2D eigenvalue weighted by atomic mass is 32.2. The molecule has 1 fully saturated rings. The lowest BCUT2D eigenvalue weighted by atomic mass is 10.1. The fraction of sp³-hybridized carbons (Fsp3) is 0.625. The molecule has 0 amide bonds. The van der Waals surface area contributed by atoms with Crippen molar-refractivity contribution in [1.29, 1.82) is 0 Å². The first-order chi connectivity index (χ1) is 10.0. The summed E-state index contributed by atoms with van der Waals surface area (Å²) in [6.45, 7) is 2.84. The molecular weight excluding hydrogens is 284 g/mol. The van der Waals surface area contributed by atoms with Gasteiger partial charge in [-0.25, -0.2) is 13.1 Å². The first-order valence-corrected chi connectivity index (χ1v) is 9.40. The minimum atomic E-state index is -3.25. The van der Waals surface area contributed by atoms with Gasteiger partial charge in [0.15, 0.2) is 0 Å². The Morgan fingerprint density at radius 2 is 1.81 bits per heavy atom. The summed E-state index contributed by atoms with van der Waals surface area (Å²) in [5, 5.41) is 3.08. The van der Waals surface area contributed by atoms with Crippen LogP contribution in [0.3, 0.4) is 0 Å². The Morgan fingerprint density at radius 3 is 2.33 bits per heavy atom. The van der Waals surface area contributed by atoms with Crippen molar-refractivity contribution in [3.63, 3.8) is 0 Å². The van der Waals surface area contributed by atoms with E-state index in [2.05, 4.69) is 10.0 Å². The lowest BCUT2D eigenvalue weighted by molar-refractivity contribution is 0.495. The van der Waals surface area contributed by atoms with E-state index in [0.29, 0.717) is 0 Å². The monoisotopic (exact) mass is 310 g/mol. The normalized spacial score (nSPS) is 16.9. The Bertz CT molecular complexity index is 536. The minimum absolute atomic E-state index is 0.0635. The van der Waals surface area contributed by atoms with E-state index in [-0.39, 0.29) is 11.8 Å². The van der Waals surface area contributed by atoms with Crippen molar-refractivity contribution in [2.24, 2.45) is 5.92 Å². The van der Waals surface area contributed by atoms with Crippen LogP contribution in [0.2, 0.25) is 0 Å². The van der Waals surface area contributed by atoms with Gasteiger partial charge in [0.2, 0.25) is 10.0 Å². The Balaban J connectivity index is 1.92. The molecule has 1 aromatic rings. The van der Waals surface area contributed by atoms with Gasteiger partial charge in [0.05, 0.1) is 5.75 Å². The quantitative estimate of drug-likeness (QED) is 0.736. The zero-order valence-electron chi connectivity index (χ0n) is 12.9. The fourth-order valence-electron chi connectivity index (χ4n) is 2.53. The second kappa shape index (κ2) is 7.38. The molecule has 4 nitrogen and oxygen atoms in total. The van der Waals surface area contributed by atoms with Gasteiger partial charge in [-0.05, 0) is 36.9 Å². The molecule has 1 unspecified atom stereocenters. The fourth-order valence-corrected chi connectivity index (χ4v) is 4.01. The van der Waals surface area contributed by atoms with Crippen LogP contribution in [0.25, 0.3) is 0 Å². The van der Waals surface area contributed by atoms with Gasteiger partial charge in [0.25, 0.3) is 0 Å². The summed E-state index contributed by atoms with van der Waals surface area (Å²) in [5.74, 6) is 0.798. The van der Waals surface area contributed by atoms with Crippen LogP contribution >= 0.6 is 0 Å². The summed E-state index contributed by atoms with van der Waals surface area (Å²) in [4.78, 5) is 0. The van der Waals surface area contributed by atoms with Gasteiger partial charge in [0.1, 0.15) is 0 Å². The van der Waals surface area contributed by atoms with E-state index in [4.69, 9.17) is 0 Å². The van der Waals surface area contributed by atoms with Gasteiger partial charge in [-0.2, -0.15) is 0 Å². The van der Waals surface area contributed by atoms with Crippen molar-refractivity contribution in [3.8, 4) is 0 Å². The number of hydrogen-bond donors (Lipinski definition) is 2. The standard InChI is InChI=1S/C16H26N2O2S/c1-3-16(10-13-4-5-13)18-21(19,20)12-15-8-6-14(7-9-15)11-17-2/h6-9,13,16-18H,3-5,10-12H2,1-2H3. The van der Waals surface area contributed by atoms with Crippen LogP contribution < -0.4 is 10.0 Å². The van der Waals surface area contributed by atoms with Crippen LogP contribution in [-0.4, -0.2) is 21.5 Å². The molecular formula is C16H26N2O2S. The first kappa shape index (κ1) is 16.5. The smallest absolute Gasteiger partial charge is 0.216 e. The molecule has 0 aromatic heterocycles. The lowest BCUT2D eigenvalue weighted by Gasteiger charge is -2.17. The molecule has 0 spiro atoms. The SMILES string of the molecule is CCC(CC1CC1)NS(=O)(=O)Cc1ccc(CNC)cc1. The average Bonchev–Trinajstić information content (AvgIpc) is 3.24. The lowest BCUT2D eigenvalue weighted by Crippen LogP contribution is -2.35. The van der Waals surface area contributed by atoms with Gasteiger partial charge < -0.3 is 5.32 Å². The average molecular weight is 310 g/mol. The van der Waals surface area contributed by atoms with Crippen LogP contribution in [0, 0.1) is 5.92 Å². The van der Waals surface area contributed by atoms with Gasteiger partial charge in [-0.3, -0.25) is 0 Å². The molecule has 1 atom stereocenters. The number of hydrogen-bond acceptors (Lipinski definition) is 3. The third kappa shape index (κ3) is 5.77. The third-order valence-electron chi connectivity index (χ3n) is 3.91. The van der Waals surface area contributed by atoms with Crippen molar-refractivity contribution in [3.05, 3.63) is 35.4 Å². The highest BCUT2D eigenvalue weighted by Gasteiger charge is 2.27. The van der Waals surface area contributed by atoms with E-state index in [1.54, 1.807) is 0 Å². The molecule has 1 aromatic carbocycles. The van der Waals surface area contributed by atoms with Crippen molar-refractivity contribution in [1.82, 2.24) is 10.0 Å². The van der Waals surface area contributed by atoms with Gasteiger partial charge in [-0.15, -0.1) is 0 Å². The first-order valence-electron chi connectivity index (χ1n) is 7.75. The summed E-state index contributed by atoms with van der Waals surface area (Å²) in [6.07, 6.45) is 4.35. The summed E-state index contributed by atoms with van der Waals surface area (Å²) < 4.78 is 27.4. The predicted molar refractivity (Wildman–Crippen MR) is 86.4 cm³/mol. The summed E-state index contributed by atoms with van der Waals surface area (Å²) >= 11 is 0. The van der Waals surface area contributed by atoms with Gasteiger partial charge >= 0.3 is 0 Å². The van der Waals surface area contributed by atoms with E-state index in [9.17, 15) is 8.42 Å². The summed E-state index contributed by atoms with van der Waals surface area (Å²) in [7, 11) is -1.36. The van der Waals surface area contributed by atoms with Crippen molar-refractivity contribution in [2.45, 2.75) is 50.9 Å². The van der Waals surface area contributed by atoms with Crippen LogP contribution in [-0.2, 0) is 22.3 Å². The van der Waals surface area contributed by atoms with Crippen LogP contribution in [0.1, 0.15) is 43.7 Å². The maximum Gasteiger partial charge on any atom is 0.216 e. The maximum absolute atomic E-state index is 12.3.